The van der Waals surface area contributed by atoms with Gasteiger partial charge in [0.1, 0.15) is 0 Å². The molecule has 5 heteroatoms. The molecule has 2 aliphatic rings. The van der Waals surface area contributed by atoms with Gasteiger partial charge in [-0.15, -0.1) is 0 Å². The highest BCUT2D eigenvalue weighted by Gasteiger charge is 2.48. The Morgan fingerprint density at radius 3 is 2.54 bits per heavy atom. The van der Waals surface area contributed by atoms with E-state index in [0.29, 0.717) is 11.5 Å². The van der Waals surface area contributed by atoms with Gasteiger partial charge in [-0.2, -0.15) is 0 Å². The van der Waals surface area contributed by atoms with E-state index in [0.717, 1.165) is 38.8 Å². The number of carbonyl (C=O) groups is 1. The molecule has 1 heterocycles. The van der Waals surface area contributed by atoms with Crippen molar-refractivity contribution in [3.8, 4) is 11.5 Å². The van der Waals surface area contributed by atoms with Gasteiger partial charge < -0.3 is 19.1 Å². The van der Waals surface area contributed by atoms with Crippen molar-refractivity contribution in [2.24, 2.45) is 5.41 Å². The van der Waals surface area contributed by atoms with Crippen molar-refractivity contribution < 1.29 is 19.0 Å². The maximum absolute atomic E-state index is 13.3. The van der Waals surface area contributed by atoms with Gasteiger partial charge in [0.05, 0.1) is 13.2 Å². The lowest BCUT2D eigenvalue weighted by atomic mass is 9.76. The first-order valence-corrected chi connectivity index (χ1v) is 9.56. The van der Waals surface area contributed by atoms with Gasteiger partial charge in [0.25, 0.3) is 5.91 Å². The number of para-hydroxylation sites is 2. The lowest BCUT2D eigenvalue weighted by Crippen LogP contribution is -2.56. The number of likely N-dealkylation sites (tertiary alicyclic amines) is 1. The molecule has 1 saturated carbocycles. The molecule has 0 unspecified atom stereocenters. The zero-order valence-corrected chi connectivity index (χ0v) is 16.4. The Kier molecular flexibility index (Phi) is 5.47. The number of hydrogen-bond donors (Lipinski definition) is 0. The zero-order chi connectivity index (χ0) is 18.8. The second-order valence-corrected chi connectivity index (χ2v) is 8.07. The van der Waals surface area contributed by atoms with Crippen LogP contribution < -0.4 is 9.47 Å². The van der Waals surface area contributed by atoms with Gasteiger partial charge in [-0.05, 0) is 51.7 Å². The van der Waals surface area contributed by atoms with E-state index in [2.05, 4.69) is 0 Å². The van der Waals surface area contributed by atoms with Gasteiger partial charge >= 0.3 is 0 Å². The number of hydrogen-bond acceptors (Lipinski definition) is 4. The maximum atomic E-state index is 13.3. The van der Waals surface area contributed by atoms with Crippen LogP contribution in [-0.4, -0.2) is 49.8 Å². The smallest absolute Gasteiger partial charge is 0.266 e. The zero-order valence-electron chi connectivity index (χ0n) is 16.4. The average molecular weight is 361 g/mol. The largest absolute Gasteiger partial charge is 0.493 e. The average Bonchev–Trinajstić information content (AvgIpc) is 3.02. The minimum atomic E-state index is -0.950. The van der Waals surface area contributed by atoms with Crippen LogP contribution >= 0.6 is 0 Å². The van der Waals surface area contributed by atoms with E-state index in [1.54, 1.807) is 14.2 Å². The van der Waals surface area contributed by atoms with Crippen LogP contribution in [0, 0.1) is 5.41 Å². The fourth-order valence-electron chi connectivity index (χ4n) is 4.68. The summed E-state index contributed by atoms with van der Waals surface area (Å²) in [6.45, 7) is 5.23. The maximum Gasteiger partial charge on any atom is 0.266 e. The number of benzene rings is 1. The summed E-state index contributed by atoms with van der Waals surface area (Å²) in [4.78, 5) is 15.3. The quantitative estimate of drug-likeness (QED) is 0.803. The highest BCUT2D eigenvalue weighted by Crippen LogP contribution is 2.46. The Morgan fingerprint density at radius 2 is 1.85 bits per heavy atom. The lowest BCUT2D eigenvalue weighted by molar-refractivity contribution is -0.151. The fraction of sp³-hybridized carbons (Fsp3) is 0.667. The molecule has 5 nitrogen and oxygen atoms in total. The van der Waals surface area contributed by atoms with E-state index < -0.39 is 5.60 Å². The molecule has 1 saturated heterocycles. The molecular formula is C21H31NO4. The van der Waals surface area contributed by atoms with Crippen LogP contribution in [-0.2, 0) is 9.53 Å². The predicted octanol–water partition coefficient (Wildman–Crippen LogP) is 3.66. The molecule has 144 valence electrons. The van der Waals surface area contributed by atoms with Crippen LogP contribution in [0.5, 0.6) is 11.5 Å². The molecular weight excluding hydrogens is 330 g/mol. The summed E-state index contributed by atoms with van der Waals surface area (Å²) in [6.07, 6.45) is 5.85. The third kappa shape index (κ3) is 3.54. The van der Waals surface area contributed by atoms with Crippen molar-refractivity contribution >= 4 is 5.91 Å². The monoisotopic (exact) mass is 361 g/mol. The second-order valence-electron chi connectivity index (χ2n) is 8.07. The van der Waals surface area contributed by atoms with Crippen molar-refractivity contribution in [3.05, 3.63) is 24.3 Å². The number of nitrogens with zero attached hydrogens (tertiary/aromatic N) is 1. The minimum absolute atomic E-state index is 0.0317. The standard InChI is InChI=1S/C21H31NO4/c1-20(2,26-17-10-6-5-9-16(17)24-3)19(23)22-14-8-13-21(15-22)12-7-11-18(21)25-4/h5-6,9-10,18H,7-8,11-15H2,1-4H3/t18-,21+/m1/s1. The number of methoxy groups -OCH3 is 2. The van der Waals surface area contributed by atoms with Gasteiger partial charge in [0, 0.05) is 25.6 Å². The molecule has 1 aromatic carbocycles. The summed E-state index contributed by atoms with van der Waals surface area (Å²) in [6, 6.07) is 7.45. The van der Waals surface area contributed by atoms with Crippen LogP contribution in [0.4, 0.5) is 0 Å². The number of carbonyl (C=O) groups excluding carboxylic acids is 1. The lowest BCUT2D eigenvalue weighted by Gasteiger charge is -2.45. The van der Waals surface area contributed by atoms with Crippen molar-refractivity contribution in [2.75, 3.05) is 27.3 Å². The van der Waals surface area contributed by atoms with E-state index in [4.69, 9.17) is 14.2 Å². The number of ether oxygens (including phenoxy) is 3. The van der Waals surface area contributed by atoms with Crippen LogP contribution in [0.25, 0.3) is 0 Å². The third-order valence-corrected chi connectivity index (χ3v) is 5.95. The van der Waals surface area contributed by atoms with E-state index in [1.165, 1.54) is 6.42 Å². The predicted molar refractivity (Wildman–Crippen MR) is 101 cm³/mol. The van der Waals surface area contributed by atoms with E-state index in [1.807, 2.05) is 43.0 Å². The summed E-state index contributed by atoms with van der Waals surface area (Å²) in [5.41, 5.74) is -0.836. The summed E-state index contributed by atoms with van der Waals surface area (Å²) in [7, 11) is 3.41. The molecule has 1 spiro atoms. The summed E-state index contributed by atoms with van der Waals surface area (Å²) < 4.78 is 17.2. The molecule has 2 fully saturated rings. The van der Waals surface area contributed by atoms with E-state index in [-0.39, 0.29) is 17.4 Å². The number of amides is 1. The van der Waals surface area contributed by atoms with Crippen molar-refractivity contribution in [3.63, 3.8) is 0 Å². The second kappa shape index (κ2) is 7.47. The molecule has 3 rings (SSSR count). The normalized spacial score (nSPS) is 26.2. The van der Waals surface area contributed by atoms with Gasteiger partial charge in [-0.3, -0.25) is 4.79 Å². The van der Waals surface area contributed by atoms with Crippen LogP contribution in [0.1, 0.15) is 46.0 Å². The minimum Gasteiger partial charge on any atom is -0.493 e. The van der Waals surface area contributed by atoms with Gasteiger partial charge in [-0.1, -0.05) is 18.6 Å². The van der Waals surface area contributed by atoms with Gasteiger partial charge in [-0.25, -0.2) is 0 Å². The van der Waals surface area contributed by atoms with Crippen LogP contribution in [0.15, 0.2) is 24.3 Å². The van der Waals surface area contributed by atoms with Crippen LogP contribution in [0.2, 0.25) is 0 Å². The molecule has 1 aliphatic heterocycles. The molecule has 26 heavy (non-hydrogen) atoms. The topological polar surface area (TPSA) is 48.0 Å². The Morgan fingerprint density at radius 1 is 1.15 bits per heavy atom. The van der Waals surface area contributed by atoms with Crippen LogP contribution in [0.3, 0.4) is 0 Å². The highest BCUT2D eigenvalue weighted by molar-refractivity contribution is 5.85. The highest BCUT2D eigenvalue weighted by atomic mass is 16.5. The Bertz CT molecular complexity index is 645. The molecule has 0 bridgehead atoms. The Labute approximate surface area is 156 Å². The molecule has 0 N–H and O–H groups in total. The van der Waals surface area contributed by atoms with Gasteiger partial charge in [0.2, 0.25) is 0 Å². The van der Waals surface area contributed by atoms with Crippen molar-refractivity contribution in [1.82, 2.24) is 4.90 Å². The Balaban J connectivity index is 1.75. The third-order valence-electron chi connectivity index (χ3n) is 5.95. The van der Waals surface area contributed by atoms with E-state index in [9.17, 15) is 4.79 Å². The van der Waals surface area contributed by atoms with Crippen molar-refractivity contribution in [1.29, 1.82) is 0 Å². The van der Waals surface area contributed by atoms with E-state index >= 15 is 0 Å². The Hall–Kier alpha value is -1.75. The first-order chi connectivity index (χ1) is 12.4. The fourth-order valence-corrected chi connectivity index (χ4v) is 4.68. The number of piperidine rings is 1. The van der Waals surface area contributed by atoms with Crippen molar-refractivity contribution in [2.45, 2.75) is 57.7 Å². The number of rotatable bonds is 5. The first kappa shape index (κ1) is 19.0. The first-order valence-electron chi connectivity index (χ1n) is 9.56. The molecule has 1 aliphatic carbocycles. The molecule has 0 radical (unpaired) electrons. The summed E-state index contributed by atoms with van der Waals surface area (Å²) >= 11 is 0. The molecule has 1 amide bonds. The summed E-state index contributed by atoms with van der Waals surface area (Å²) in [5.74, 6) is 1.26. The molecule has 2 atom stereocenters. The van der Waals surface area contributed by atoms with Gasteiger partial charge in [0.15, 0.2) is 17.1 Å². The molecule has 0 aromatic heterocycles. The summed E-state index contributed by atoms with van der Waals surface area (Å²) in [5, 5.41) is 0. The SMILES string of the molecule is COc1ccccc1OC(C)(C)C(=O)N1CCC[C@@]2(CCC[C@H]2OC)C1. The molecule has 1 aromatic rings.